The molecule has 0 spiro atoms. The summed E-state index contributed by atoms with van der Waals surface area (Å²) in [6.07, 6.45) is 1.42. The van der Waals surface area contributed by atoms with Gasteiger partial charge in [-0.2, -0.15) is 0 Å². The Bertz CT molecular complexity index is 557. The molecule has 1 aromatic heterocycles. The number of hydrogen-bond acceptors (Lipinski definition) is 4. The van der Waals surface area contributed by atoms with Crippen LogP contribution in [0.4, 0.5) is 5.82 Å². The van der Waals surface area contributed by atoms with E-state index in [1.807, 2.05) is 6.07 Å². The first-order valence-corrected chi connectivity index (χ1v) is 6.28. The third-order valence-corrected chi connectivity index (χ3v) is 3.95. The number of rotatable bonds is 2. The van der Waals surface area contributed by atoms with E-state index in [-0.39, 0.29) is 0 Å². The van der Waals surface area contributed by atoms with Crippen LogP contribution >= 0.6 is 23.4 Å². The molecule has 17 heavy (non-hydrogen) atoms. The quantitative estimate of drug-likeness (QED) is 0.845. The molecular weight excluding hydrogens is 254 g/mol. The van der Waals surface area contributed by atoms with Crippen molar-refractivity contribution < 1.29 is 0 Å². The topological polar surface area (TPSA) is 51.8 Å². The Hall–Kier alpha value is -1.26. The molecule has 2 rings (SSSR count). The van der Waals surface area contributed by atoms with E-state index in [0.29, 0.717) is 15.9 Å². The molecule has 3 nitrogen and oxygen atoms in total. The van der Waals surface area contributed by atoms with E-state index in [1.165, 1.54) is 29.2 Å². The maximum atomic E-state index is 6.04. The second-order valence-corrected chi connectivity index (χ2v) is 5.17. The summed E-state index contributed by atoms with van der Waals surface area (Å²) in [7, 11) is 0. The predicted molar refractivity (Wildman–Crippen MR) is 71.5 cm³/mol. The molecule has 0 atom stereocenters. The van der Waals surface area contributed by atoms with Gasteiger partial charge >= 0.3 is 0 Å². The predicted octanol–water partition coefficient (Wildman–Crippen LogP) is 3.48. The molecule has 0 bridgehead atoms. The number of anilines is 1. The number of nitrogen functional groups attached to an aromatic ring is 1. The molecule has 0 saturated heterocycles. The van der Waals surface area contributed by atoms with E-state index in [4.69, 9.17) is 17.3 Å². The Balaban J connectivity index is 2.31. The van der Waals surface area contributed by atoms with Gasteiger partial charge in [-0.3, -0.25) is 0 Å². The smallest absolute Gasteiger partial charge is 0.146 e. The molecule has 0 aliphatic rings. The van der Waals surface area contributed by atoms with Gasteiger partial charge in [-0.15, -0.1) is 0 Å². The fraction of sp³-hybridized carbons (Fsp3) is 0.167. The number of aromatic nitrogens is 2. The lowest BCUT2D eigenvalue weighted by molar-refractivity contribution is 1.05. The zero-order chi connectivity index (χ0) is 12.4. The fourth-order valence-corrected chi connectivity index (χ4v) is 2.43. The SMILES string of the molecule is Cc1ccc(Sc2ncnc(N)c2Cl)cc1C. The third-order valence-electron chi connectivity index (χ3n) is 2.48. The van der Waals surface area contributed by atoms with Crippen molar-refractivity contribution in [2.45, 2.75) is 23.8 Å². The van der Waals surface area contributed by atoms with Gasteiger partial charge in [0.05, 0.1) is 0 Å². The molecule has 0 saturated carbocycles. The van der Waals surface area contributed by atoms with Crippen LogP contribution in [-0.2, 0) is 0 Å². The molecule has 5 heteroatoms. The van der Waals surface area contributed by atoms with Crippen molar-refractivity contribution in [3.63, 3.8) is 0 Å². The summed E-state index contributed by atoms with van der Waals surface area (Å²) in [5.41, 5.74) is 8.14. The Morgan fingerprint density at radius 1 is 1.18 bits per heavy atom. The van der Waals surface area contributed by atoms with Gasteiger partial charge in [0.1, 0.15) is 22.2 Å². The zero-order valence-electron chi connectivity index (χ0n) is 9.57. The molecule has 2 aromatic rings. The highest BCUT2D eigenvalue weighted by molar-refractivity contribution is 7.99. The van der Waals surface area contributed by atoms with Gasteiger partial charge in [-0.05, 0) is 37.1 Å². The molecule has 88 valence electrons. The molecule has 0 fully saturated rings. The Morgan fingerprint density at radius 3 is 2.65 bits per heavy atom. The van der Waals surface area contributed by atoms with Crippen LogP contribution in [0.25, 0.3) is 0 Å². The first-order valence-electron chi connectivity index (χ1n) is 5.09. The molecule has 0 unspecified atom stereocenters. The normalized spacial score (nSPS) is 10.5. The molecule has 0 aliphatic heterocycles. The van der Waals surface area contributed by atoms with Crippen LogP contribution in [0.3, 0.4) is 0 Å². The summed E-state index contributed by atoms with van der Waals surface area (Å²) in [6, 6.07) is 6.23. The number of aryl methyl sites for hydroxylation is 2. The first-order chi connectivity index (χ1) is 8.08. The Labute approximate surface area is 109 Å². The highest BCUT2D eigenvalue weighted by atomic mass is 35.5. The Morgan fingerprint density at radius 2 is 1.94 bits per heavy atom. The minimum atomic E-state index is 0.313. The van der Waals surface area contributed by atoms with E-state index in [1.54, 1.807) is 0 Å². The Kier molecular flexibility index (Phi) is 3.54. The number of halogens is 1. The summed E-state index contributed by atoms with van der Waals surface area (Å²) in [4.78, 5) is 9.05. The molecular formula is C12H12ClN3S. The second-order valence-electron chi connectivity index (χ2n) is 3.73. The maximum Gasteiger partial charge on any atom is 0.146 e. The van der Waals surface area contributed by atoms with E-state index in [9.17, 15) is 0 Å². The van der Waals surface area contributed by atoms with Crippen LogP contribution < -0.4 is 5.73 Å². The van der Waals surface area contributed by atoms with Gasteiger partial charge < -0.3 is 5.73 Å². The number of nitrogens with two attached hydrogens (primary N) is 1. The molecule has 0 amide bonds. The second kappa shape index (κ2) is 4.94. The van der Waals surface area contributed by atoms with Crippen LogP contribution in [0.2, 0.25) is 5.02 Å². The molecule has 0 aliphatic carbocycles. The zero-order valence-corrected chi connectivity index (χ0v) is 11.1. The lowest BCUT2D eigenvalue weighted by Gasteiger charge is -2.06. The third kappa shape index (κ3) is 2.70. The van der Waals surface area contributed by atoms with Crippen LogP contribution in [0.15, 0.2) is 34.4 Å². The molecule has 1 heterocycles. The standard InChI is InChI=1S/C12H12ClN3S/c1-7-3-4-9(5-8(7)2)17-12-10(13)11(14)15-6-16-12/h3-6H,1-2H3,(H2,14,15,16). The van der Waals surface area contributed by atoms with Crippen LogP contribution in [0.5, 0.6) is 0 Å². The van der Waals surface area contributed by atoms with Crippen molar-refractivity contribution in [2.75, 3.05) is 5.73 Å². The fourth-order valence-electron chi connectivity index (χ4n) is 1.33. The lowest BCUT2D eigenvalue weighted by atomic mass is 10.1. The van der Waals surface area contributed by atoms with Gasteiger partial charge in [0.2, 0.25) is 0 Å². The summed E-state index contributed by atoms with van der Waals surface area (Å²) in [5.74, 6) is 0.313. The highest BCUT2D eigenvalue weighted by Gasteiger charge is 2.08. The van der Waals surface area contributed by atoms with Gasteiger partial charge in [0, 0.05) is 4.90 Å². The van der Waals surface area contributed by atoms with E-state index in [0.717, 1.165) is 4.90 Å². The number of benzene rings is 1. The van der Waals surface area contributed by atoms with Crippen molar-refractivity contribution >= 4 is 29.2 Å². The van der Waals surface area contributed by atoms with Crippen molar-refractivity contribution in [1.29, 1.82) is 0 Å². The van der Waals surface area contributed by atoms with Crippen molar-refractivity contribution in [3.8, 4) is 0 Å². The molecule has 0 radical (unpaired) electrons. The maximum absolute atomic E-state index is 6.04. The summed E-state index contributed by atoms with van der Waals surface area (Å²) < 4.78 is 0. The van der Waals surface area contributed by atoms with Crippen LogP contribution in [0, 0.1) is 13.8 Å². The van der Waals surface area contributed by atoms with Gasteiger partial charge in [-0.25, -0.2) is 9.97 Å². The van der Waals surface area contributed by atoms with Gasteiger partial charge in [0.25, 0.3) is 0 Å². The van der Waals surface area contributed by atoms with E-state index >= 15 is 0 Å². The number of nitrogens with zero attached hydrogens (tertiary/aromatic N) is 2. The minimum Gasteiger partial charge on any atom is -0.382 e. The van der Waals surface area contributed by atoms with Crippen LogP contribution in [0.1, 0.15) is 11.1 Å². The van der Waals surface area contributed by atoms with Crippen LogP contribution in [-0.4, -0.2) is 9.97 Å². The average molecular weight is 266 g/mol. The monoisotopic (exact) mass is 265 g/mol. The summed E-state index contributed by atoms with van der Waals surface area (Å²) in [5, 5.41) is 1.10. The summed E-state index contributed by atoms with van der Waals surface area (Å²) >= 11 is 7.53. The minimum absolute atomic E-state index is 0.313. The lowest BCUT2D eigenvalue weighted by Crippen LogP contribution is -1.94. The van der Waals surface area contributed by atoms with Gasteiger partial charge in [-0.1, -0.05) is 29.4 Å². The van der Waals surface area contributed by atoms with E-state index in [2.05, 4.69) is 35.9 Å². The number of hydrogen-bond donors (Lipinski definition) is 1. The van der Waals surface area contributed by atoms with Crippen molar-refractivity contribution in [1.82, 2.24) is 9.97 Å². The van der Waals surface area contributed by atoms with E-state index < -0.39 is 0 Å². The molecule has 1 aromatic carbocycles. The highest BCUT2D eigenvalue weighted by Crippen LogP contribution is 2.34. The molecule has 2 N–H and O–H groups in total. The van der Waals surface area contributed by atoms with Crippen molar-refractivity contribution in [3.05, 3.63) is 40.7 Å². The average Bonchev–Trinajstić information content (AvgIpc) is 2.30. The summed E-state index contributed by atoms with van der Waals surface area (Å²) in [6.45, 7) is 4.16. The van der Waals surface area contributed by atoms with Crippen molar-refractivity contribution in [2.24, 2.45) is 0 Å². The van der Waals surface area contributed by atoms with Gasteiger partial charge in [0.15, 0.2) is 0 Å². The largest absolute Gasteiger partial charge is 0.382 e. The first kappa shape index (κ1) is 12.2.